The first-order chi connectivity index (χ1) is 8.60. The average molecular weight is 254 g/mol. The van der Waals surface area contributed by atoms with Crippen LogP contribution in [0.15, 0.2) is 0 Å². The van der Waals surface area contributed by atoms with Gasteiger partial charge in [-0.1, -0.05) is 20.3 Å². The van der Waals surface area contributed by atoms with E-state index in [1.165, 1.54) is 0 Å². The second kappa shape index (κ2) is 7.39. The van der Waals surface area contributed by atoms with Gasteiger partial charge >= 0.3 is 0 Å². The number of piperidine rings is 1. The molecule has 0 aromatic rings. The van der Waals surface area contributed by atoms with E-state index >= 15 is 0 Å². The Bertz CT molecular complexity index is 292. The van der Waals surface area contributed by atoms with Crippen molar-refractivity contribution in [3.05, 3.63) is 0 Å². The third kappa shape index (κ3) is 4.00. The molecule has 1 fully saturated rings. The van der Waals surface area contributed by atoms with Crippen LogP contribution in [-0.4, -0.2) is 36.3 Å². The summed E-state index contributed by atoms with van der Waals surface area (Å²) in [6.07, 6.45) is 3.80. The first-order valence-corrected chi connectivity index (χ1v) is 7.16. The van der Waals surface area contributed by atoms with Crippen LogP contribution in [0.4, 0.5) is 0 Å². The predicted molar refractivity (Wildman–Crippen MR) is 72.1 cm³/mol. The van der Waals surface area contributed by atoms with Crippen LogP contribution in [0.5, 0.6) is 0 Å². The molecule has 0 bridgehead atoms. The fraction of sp³-hybridized carbons (Fsp3) is 0.857. The topological polar surface area (TPSA) is 49.4 Å². The molecule has 0 aliphatic carbocycles. The highest BCUT2D eigenvalue weighted by Gasteiger charge is 2.29. The van der Waals surface area contributed by atoms with Crippen LogP contribution in [0.3, 0.4) is 0 Å². The zero-order valence-electron chi connectivity index (χ0n) is 11.9. The maximum atomic E-state index is 12.2. The molecule has 1 N–H and O–H groups in total. The number of nitrogens with zero attached hydrogens (tertiary/aromatic N) is 1. The molecule has 0 aromatic heterocycles. The lowest BCUT2D eigenvalue weighted by Gasteiger charge is -2.33. The molecule has 18 heavy (non-hydrogen) atoms. The molecule has 2 atom stereocenters. The minimum absolute atomic E-state index is 0.0172. The van der Waals surface area contributed by atoms with E-state index in [4.69, 9.17) is 0 Å². The minimum atomic E-state index is -0.0172. The standard InChI is InChI=1S/C14H26N2O2/c1-4-7-11(3)14(18)16-9-6-8-12(10-16)13(17)15-5-2/h11-12H,4-10H2,1-3H3,(H,15,17)/t11-,12-/m1/s1. The predicted octanol–water partition coefficient (Wildman–Crippen LogP) is 1.80. The lowest BCUT2D eigenvalue weighted by Crippen LogP contribution is -2.46. The number of carbonyl (C=O) groups excluding carboxylic acids is 2. The van der Waals surface area contributed by atoms with E-state index in [9.17, 15) is 9.59 Å². The molecule has 1 rings (SSSR count). The van der Waals surface area contributed by atoms with Crippen molar-refractivity contribution in [3.63, 3.8) is 0 Å². The maximum absolute atomic E-state index is 12.2. The highest BCUT2D eigenvalue weighted by molar-refractivity contribution is 5.82. The Morgan fingerprint density at radius 1 is 1.39 bits per heavy atom. The van der Waals surface area contributed by atoms with Crippen molar-refractivity contribution in [1.29, 1.82) is 0 Å². The van der Waals surface area contributed by atoms with E-state index in [0.717, 1.165) is 32.2 Å². The highest BCUT2D eigenvalue weighted by Crippen LogP contribution is 2.20. The van der Waals surface area contributed by atoms with Crippen molar-refractivity contribution in [2.45, 2.75) is 46.5 Å². The average Bonchev–Trinajstić information content (AvgIpc) is 2.38. The van der Waals surface area contributed by atoms with Crippen molar-refractivity contribution >= 4 is 11.8 Å². The van der Waals surface area contributed by atoms with Crippen molar-refractivity contribution in [2.24, 2.45) is 11.8 Å². The molecule has 0 aromatic carbocycles. The van der Waals surface area contributed by atoms with E-state index in [-0.39, 0.29) is 23.7 Å². The SMILES string of the molecule is CCC[C@@H](C)C(=O)N1CCC[C@@H](C(=O)NCC)C1. The van der Waals surface area contributed by atoms with Crippen molar-refractivity contribution in [2.75, 3.05) is 19.6 Å². The third-order valence-electron chi connectivity index (χ3n) is 3.60. The quantitative estimate of drug-likeness (QED) is 0.813. The lowest BCUT2D eigenvalue weighted by molar-refractivity contribution is -0.139. The molecular formula is C14H26N2O2. The summed E-state index contributed by atoms with van der Waals surface area (Å²) in [5.41, 5.74) is 0. The summed E-state index contributed by atoms with van der Waals surface area (Å²) in [7, 11) is 0. The van der Waals surface area contributed by atoms with Crippen LogP contribution in [0.1, 0.15) is 46.5 Å². The summed E-state index contributed by atoms with van der Waals surface area (Å²) in [5, 5.41) is 2.85. The summed E-state index contributed by atoms with van der Waals surface area (Å²) in [6.45, 7) is 8.07. The van der Waals surface area contributed by atoms with Crippen LogP contribution < -0.4 is 5.32 Å². The molecule has 0 unspecified atom stereocenters. The summed E-state index contributed by atoms with van der Waals surface area (Å²) in [5.74, 6) is 0.378. The molecule has 1 aliphatic heterocycles. The van der Waals surface area contributed by atoms with Crippen LogP contribution in [0.2, 0.25) is 0 Å². The van der Waals surface area contributed by atoms with Gasteiger partial charge in [0.05, 0.1) is 5.92 Å². The van der Waals surface area contributed by atoms with Gasteiger partial charge in [0.15, 0.2) is 0 Å². The molecule has 1 saturated heterocycles. The fourth-order valence-corrected chi connectivity index (χ4v) is 2.58. The van der Waals surface area contributed by atoms with E-state index in [1.807, 2.05) is 18.7 Å². The third-order valence-corrected chi connectivity index (χ3v) is 3.60. The summed E-state index contributed by atoms with van der Waals surface area (Å²) in [4.78, 5) is 25.9. The van der Waals surface area contributed by atoms with Gasteiger partial charge in [-0.25, -0.2) is 0 Å². The van der Waals surface area contributed by atoms with Crippen LogP contribution in [-0.2, 0) is 9.59 Å². The second-order valence-electron chi connectivity index (χ2n) is 5.21. The monoisotopic (exact) mass is 254 g/mol. The maximum Gasteiger partial charge on any atom is 0.225 e. The zero-order chi connectivity index (χ0) is 13.5. The number of hydrogen-bond donors (Lipinski definition) is 1. The highest BCUT2D eigenvalue weighted by atomic mass is 16.2. The molecule has 2 amide bonds. The van der Waals surface area contributed by atoms with E-state index in [2.05, 4.69) is 12.2 Å². The number of likely N-dealkylation sites (tertiary alicyclic amines) is 1. The van der Waals surface area contributed by atoms with Gasteiger partial charge in [-0.2, -0.15) is 0 Å². The summed E-state index contributed by atoms with van der Waals surface area (Å²) in [6, 6.07) is 0. The first kappa shape index (κ1) is 15.0. The van der Waals surface area contributed by atoms with Crippen LogP contribution in [0, 0.1) is 11.8 Å². The van der Waals surface area contributed by atoms with Gasteiger partial charge in [-0.3, -0.25) is 9.59 Å². The number of rotatable bonds is 5. The van der Waals surface area contributed by atoms with E-state index in [0.29, 0.717) is 13.1 Å². The van der Waals surface area contributed by atoms with E-state index in [1.54, 1.807) is 0 Å². The number of amides is 2. The van der Waals surface area contributed by atoms with Crippen molar-refractivity contribution < 1.29 is 9.59 Å². The van der Waals surface area contributed by atoms with Gasteiger partial charge in [-0.05, 0) is 26.2 Å². The molecular weight excluding hydrogens is 228 g/mol. The van der Waals surface area contributed by atoms with Crippen LogP contribution >= 0.6 is 0 Å². The summed E-state index contributed by atoms with van der Waals surface area (Å²) >= 11 is 0. The summed E-state index contributed by atoms with van der Waals surface area (Å²) < 4.78 is 0. The van der Waals surface area contributed by atoms with Gasteiger partial charge in [0.1, 0.15) is 0 Å². The van der Waals surface area contributed by atoms with Gasteiger partial charge in [0.25, 0.3) is 0 Å². The van der Waals surface area contributed by atoms with Gasteiger partial charge < -0.3 is 10.2 Å². The van der Waals surface area contributed by atoms with E-state index < -0.39 is 0 Å². The molecule has 0 radical (unpaired) electrons. The van der Waals surface area contributed by atoms with Crippen LogP contribution in [0.25, 0.3) is 0 Å². The zero-order valence-corrected chi connectivity index (χ0v) is 11.9. The fourth-order valence-electron chi connectivity index (χ4n) is 2.58. The number of nitrogens with one attached hydrogen (secondary N) is 1. The molecule has 104 valence electrons. The molecule has 1 heterocycles. The molecule has 4 heteroatoms. The Labute approximate surface area is 110 Å². The Balaban J connectivity index is 2.52. The van der Waals surface area contributed by atoms with Crippen molar-refractivity contribution in [1.82, 2.24) is 10.2 Å². The van der Waals surface area contributed by atoms with Gasteiger partial charge in [0, 0.05) is 25.6 Å². The van der Waals surface area contributed by atoms with Gasteiger partial charge in [-0.15, -0.1) is 0 Å². The molecule has 1 aliphatic rings. The number of carbonyl (C=O) groups is 2. The largest absolute Gasteiger partial charge is 0.356 e. The minimum Gasteiger partial charge on any atom is -0.356 e. The Morgan fingerprint density at radius 2 is 2.11 bits per heavy atom. The first-order valence-electron chi connectivity index (χ1n) is 7.16. The number of hydrogen-bond acceptors (Lipinski definition) is 2. The second-order valence-corrected chi connectivity index (χ2v) is 5.21. The van der Waals surface area contributed by atoms with Gasteiger partial charge in [0.2, 0.25) is 11.8 Å². The normalized spacial score (nSPS) is 21.5. The Hall–Kier alpha value is -1.06. The Kier molecular flexibility index (Phi) is 6.16. The molecule has 4 nitrogen and oxygen atoms in total. The smallest absolute Gasteiger partial charge is 0.225 e. The van der Waals surface area contributed by atoms with Crippen molar-refractivity contribution in [3.8, 4) is 0 Å². The molecule has 0 saturated carbocycles. The molecule has 0 spiro atoms. The Morgan fingerprint density at radius 3 is 2.72 bits per heavy atom. The lowest BCUT2D eigenvalue weighted by atomic mass is 9.95.